The van der Waals surface area contributed by atoms with Crippen LogP contribution >= 0.6 is 22.9 Å². The van der Waals surface area contributed by atoms with E-state index in [-0.39, 0.29) is 5.56 Å². The van der Waals surface area contributed by atoms with Gasteiger partial charge in [0.25, 0.3) is 5.56 Å². The Bertz CT molecular complexity index is 1290. The highest BCUT2D eigenvalue weighted by Crippen LogP contribution is 2.31. The Balaban J connectivity index is 1.34. The van der Waals surface area contributed by atoms with E-state index in [1.807, 2.05) is 35.6 Å². The van der Waals surface area contributed by atoms with Crippen molar-refractivity contribution in [2.45, 2.75) is 26.4 Å². The molecular formula is C25H22ClN3OS. The normalized spacial score (nSPS) is 13.9. The van der Waals surface area contributed by atoms with Gasteiger partial charge in [-0.3, -0.25) is 9.69 Å². The lowest BCUT2D eigenvalue weighted by Gasteiger charge is -2.27. The van der Waals surface area contributed by atoms with E-state index in [1.54, 1.807) is 0 Å². The SMILES string of the molecule is Cc1ccccc1-c1ccc(CN2CCc3nc(-c4ccc(Cl)cc4)[nH]c(=O)c3C2)s1. The first-order chi connectivity index (χ1) is 15.1. The fourth-order valence-electron chi connectivity index (χ4n) is 4.04. The summed E-state index contributed by atoms with van der Waals surface area (Å²) in [5, 5.41) is 0.666. The summed E-state index contributed by atoms with van der Waals surface area (Å²) < 4.78 is 0. The Kier molecular flexibility index (Phi) is 5.48. The van der Waals surface area contributed by atoms with Crippen LogP contribution < -0.4 is 5.56 Å². The molecule has 1 aliphatic rings. The summed E-state index contributed by atoms with van der Waals surface area (Å²) in [6.07, 6.45) is 0.774. The van der Waals surface area contributed by atoms with Crippen molar-refractivity contribution in [3.8, 4) is 21.8 Å². The Morgan fingerprint density at radius 2 is 1.90 bits per heavy atom. The Morgan fingerprint density at radius 3 is 2.71 bits per heavy atom. The lowest BCUT2D eigenvalue weighted by atomic mass is 10.1. The number of fused-ring (bicyclic) bond motifs is 1. The maximum Gasteiger partial charge on any atom is 0.255 e. The average molecular weight is 448 g/mol. The number of hydrogen-bond acceptors (Lipinski definition) is 4. The molecule has 156 valence electrons. The zero-order valence-electron chi connectivity index (χ0n) is 17.2. The molecule has 31 heavy (non-hydrogen) atoms. The molecule has 4 aromatic rings. The summed E-state index contributed by atoms with van der Waals surface area (Å²) in [4.78, 5) is 25.4. The van der Waals surface area contributed by atoms with Gasteiger partial charge in [-0.2, -0.15) is 0 Å². The molecule has 0 aliphatic carbocycles. The third-order valence-electron chi connectivity index (χ3n) is 5.72. The van der Waals surface area contributed by atoms with Crippen LogP contribution in [0.25, 0.3) is 21.8 Å². The van der Waals surface area contributed by atoms with Gasteiger partial charge in [0, 0.05) is 46.4 Å². The molecular weight excluding hydrogens is 426 g/mol. The maximum atomic E-state index is 12.8. The molecule has 6 heteroatoms. The van der Waals surface area contributed by atoms with E-state index in [4.69, 9.17) is 16.6 Å². The third kappa shape index (κ3) is 4.22. The van der Waals surface area contributed by atoms with Crippen LogP contribution in [0.3, 0.4) is 0 Å². The monoisotopic (exact) mass is 447 g/mol. The lowest BCUT2D eigenvalue weighted by molar-refractivity contribution is 0.244. The minimum atomic E-state index is -0.0496. The number of hydrogen-bond donors (Lipinski definition) is 1. The smallest absolute Gasteiger partial charge is 0.255 e. The number of aryl methyl sites for hydroxylation is 1. The number of H-pyrrole nitrogens is 1. The number of thiophene rings is 1. The number of benzene rings is 2. The fraction of sp³-hybridized carbons (Fsp3) is 0.200. The second kappa shape index (κ2) is 8.42. The van der Waals surface area contributed by atoms with E-state index in [9.17, 15) is 4.79 Å². The van der Waals surface area contributed by atoms with Crippen LogP contribution in [0.4, 0.5) is 0 Å². The molecule has 5 rings (SSSR count). The van der Waals surface area contributed by atoms with Crippen molar-refractivity contribution in [3.63, 3.8) is 0 Å². The van der Waals surface area contributed by atoms with E-state index >= 15 is 0 Å². The topological polar surface area (TPSA) is 49.0 Å². The summed E-state index contributed by atoms with van der Waals surface area (Å²) in [6, 6.07) is 20.3. The Hall–Kier alpha value is -2.73. The van der Waals surface area contributed by atoms with Crippen molar-refractivity contribution in [2.75, 3.05) is 6.54 Å². The van der Waals surface area contributed by atoms with Gasteiger partial charge < -0.3 is 4.98 Å². The summed E-state index contributed by atoms with van der Waals surface area (Å²) in [5.41, 5.74) is 5.08. The molecule has 1 N–H and O–H groups in total. The summed E-state index contributed by atoms with van der Waals surface area (Å²) >= 11 is 7.80. The number of aromatic nitrogens is 2. The first-order valence-electron chi connectivity index (χ1n) is 10.3. The van der Waals surface area contributed by atoms with Crippen LogP contribution in [0.5, 0.6) is 0 Å². The predicted octanol–water partition coefficient (Wildman–Crippen LogP) is 5.69. The van der Waals surface area contributed by atoms with Crippen molar-refractivity contribution < 1.29 is 0 Å². The highest BCUT2D eigenvalue weighted by molar-refractivity contribution is 7.15. The highest BCUT2D eigenvalue weighted by atomic mass is 35.5. The Labute approximate surface area is 190 Å². The van der Waals surface area contributed by atoms with Crippen molar-refractivity contribution in [1.82, 2.24) is 14.9 Å². The number of rotatable bonds is 4. The first-order valence-corrected chi connectivity index (χ1v) is 11.5. The third-order valence-corrected chi connectivity index (χ3v) is 7.07. The first kappa shape index (κ1) is 20.2. The lowest BCUT2D eigenvalue weighted by Crippen LogP contribution is -2.35. The molecule has 0 saturated heterocycles. The molecule has 2 aromatic heterocycles. The number of nitrogens with one attached hydrogen (secondary N) is 1. The average Bonchev–Trinajstić information content (AvgIpc) is 3.23. The molecule has 3 heterocycles. The zero-order chi connectivity index (χ0) is 21.4. The predicted molar refractivity (Wildman–Crippen MR) is 128 cm³/mol. The van der Waals surface area contributed by atoms with Crippen LogP contribution in [-0.2, 0) is 19.5 Å². The molecule has 0 saturated carbocycles. The summed E-state index contributed by atoms with van der Waals surface area (Å²) in [5.74, 6) is 0.606. The summed E-state index contributed by atoms with van der Waals surface area (Å²) in [6.45, 7) is 4.50. The van der Waals surface area contributed by atoms with Gasteiger partial charge in [0.1, 0.15) is 5.82 Å². The van der Waals surface area contributed by atoms with E-state index < -0.39 is 0 Å². The molecule has 0 atom stereocenters. The fourth-order valence-corrected chi connectivity index (χ4v) is 5.30. The van der Waals surface area contributed by atoms with Gasteiger partial charge in [-0.15, -0.1) is 11.3 Å². The van der Waals surface area contributed by atoms with Crippen molar-refractivity contribution >= 4 is 22.9 Å². The van der Waals surface area contributed by atoms with Gasteiger partial charge >= 0.3 is 0 Å². The van der Waals surface area contributed by atoms with Crippen molar-refractivity contribution in [3.05, 3.63) is 97.7 Å². The maximum absolute atomic E-state index is 12.8. The standard InChI is InChI=1S/C25H22ClN3OS/c1-16-4-2-3-5-20(16)23-11-10-19(31-23)14-29-13-12-22-21(15-29)25(30)28-24(27-22)17-6-8-18(26)9-7-17/h2-11H,12-15H2,1H3,(H,27,28,30). The molecule has 0 amide bonds. The largest absolute Gasteiger partial charge is 0.306 e. The molecule has 0 spiro atoms. The van der Waals surface area contributed by atoms with E-state index in [2.05, 4.69) is 53.2 Å². The summed E-state index contributed by atoms with van der Waals surface area (Å²) in [7, 11) is 0. The van der Waals surface area contributed by atoms with Crippen molar-refractivity contribution in [2.24, 2.45) is 0 Å². The van der Waals surface area contributed by atoms with Crippen LogP contribution in [0.2, 0.25) is 5.02 Å². The molecule has 0 radical (unpaired) electrons. The highest BCUT2D eigenvalue weighted by Gasteiger charge is 2.22. The van der Waals surface area contributed by atoms with Gasteiger partial charge in [0.15, 0.2) is 0 Å². The van der Waals surface area contributed by atoms with Crippen LogP contribution in [0.1, 0.15) is 21.7 Å². The van der Waals surface area contributed by atoms with Gasteiger partial charge in [0.2, 0.25) is 0 Å². The molecule has 2 aromatic carbocycles. The van der Waals surface area contributed by atoms with Gasteiger partial charge in [-0.25, -0.2) is 4.98 Å². The second-order valence-corrected chi connectivity index (χ2v) is 9.49. The number of nitrogens with zero attached hydrogens (tertiary/aromatic N) is 2. The second-order valence-electron chi connectivity index (χ2n) is 7.89. The van der Waals surface area contributed by atoms with E-state index in [1.165, 1.54) is 20.9 Å². The van der Waals surface area contributed by atoms with E-state index in [0.717, 1.165) is 36.3 Å². The molecule has 4 nitrogen and oxygen atoms in total. The minimum absolute atomic E-state index is 0.0496. The Morgan fingerprint density at radius 1 is 1.10 bits per heavy atom. The van der Waals surface area contributed by atoms with Crippen molar-refractivity contribution in [1.29, 1.82) is 0 Å². The van der Waals surface area contributed by atoms with Crippen LogP contribution in [0.15, 0.2) is 65.5 Å². The molecule has 1 aliphatic heterocycles. The van der Waals surface area contributed by atoms with Gasteiger partial charge in [-0.05, 0) is 54.4 Å². The van der Waals surface area contributed by atoms with Gasteiger partial charge in [0.05, 0.1) is 11.3 Å². The molecule has 0 unspecified atom stereocenters. The number of halogens is 1. The van der Waals surface area contributed by atoms with Gasteiger partial charge in [-0.1, -0.05) is 35.9 Å². The molecule has 0 bridgehead atoms. The molecule has 0 fully saturated rings. The minimum Gasteiger partial charge on any atom is -0.306 e. The number of aromatic amines is 1. The zero-order valence-corrected chi connectivity index (χ0v) is 18.8. The van der Waals surface area contributed by atoms with Crippen LogP contribution in [0, 0.1) is 6.92 Å². The van der Waals surface area contributed by atoms with E-state index in [0.29, 0.717) is 17.4 Å². The quantitative estimate of drug-likeness (QED) is 0.437. The van der Waals surface area contributed by atoms with Crippen LogP contribution in [-0.4, -0.2) is 21.4 Å².